The molecule has 4 rings (SSSR count). The van der Waals surface area contributed by atoms with E-state index in [1.165, 1.54) is 24.1 Å². The zero-order valence-electron chi connectivity index (χ0n) is 15.1. The lowest BCUT2D eigenvalue weighted by molar-refractivity contribution is 0.0733. The summed E-state index contributed by atoms with van der Waals surface area (Å²) >= 11 is 3.06. The minimum Gasteiger partial charge on any atom is -0.383 e. The molecule has 0 radical (unpaired) electrons. The molecular formula is C19H17BrF2N4O2. The number of carbonyl (C=O) groups excluding carboxylic acids is 1. The number of hydrogen-bond acceptors (Lipinski definition) is 4. The highest BCUT2D eigenvalue weighted by Crippen LogP contribution is 2.32. The maximum atomic E-state index is 14.3. The minimum absolute atomic E-state index is 0.174. The molecule has 1 aliphatic heterocycles. The number of anilines is 1. The van der Waals surface area contributed by atoms with E-state index in [0.717, 1.165) is 11.1 Å². The van der Waals surface area contributed by atoms with Crippen molar-refractivity contribution < 1.29 is 18.3 Å². The Morgan fingerprint density at radius 1 is 1.29 bits per heavy atom. The highest BCUT2D eigenvalue weighted by atomic mass is 79.9. The number of rotatable bonds is 3. The van der Waals surface area contributed by atoms with E-state index in [9.17, 15) is 13.6 Å². The van der Waals surface area contributed by atoms with Crippen molar-refractivity contribution in [2.45, 2.75) is 26.2 Å². The minimum atomic E-state index is -0.820. The Kier molecular flexibility index (Phi) is 4.59. The fraction of sp³-hybridized carbons (Fsp3) is 0.263. The van der Waals surface area contributed by atoms with Crippen molar-refractivity contribution in [3.63, 3.8) is 0 Å². The van der Waals surface area contributed by atoms with Crippen LogP contribution in [-0.4, -0.2) is 27.8 Å². The van der Waals surface area contributed by atoms with E-state index < -0.39 is 23.6 Å². The smallest absolute Gasteiger partial charge is 0.270 e. The molecule has 6 nitrogen and oxygen atoms in total. The van der Waals surface area contributed by atoms with Gasteiger partial charge in [-0.15, -0.1) is 0 Å². The molecular weight excluding hydrogens is 434 g/mol. The van der Waals surface area contributed by atoms with Gasteiger partial charge in [0.1, 0.15) is 23.1 Å². The van der Waals surface area contributed by atoms with E-state index in [-0.39, 0.29) is 11.3 Å². The summed E-state index contributed by atoms with van der Waals surface area (Å²) in [5, 5.41) is 0. The van der Waals surface area contributed by atoms with Crippen LogP contribution in [-0.2, 0) is 18.0 Å². The molecule has 0 spiro atoms. The van der Waals surface area contributed by atoms with Gasteiger partial charge in [0.25, 0.3) is 5.91 Å². The van der Waals surface area contributed by atoms with Gasteiger partial charge in [-0.05, 0) is 25.1 Å². The molecule has 0 saturated carbocycles. The fourth-order valence-electron chi connectivity index (χ4n) is 3.47. The van der Waals surface area contributed by atoms with Gasteiger partial charge in [0, 0.05) is 28.2 Å². The van der Waals surface area contributed by atoms with E-state index in [4.69, 9.17) is 10.5 Å². The quantitative estimate of drug-likeness (QED) is 0.630. The van der Waals surface area contributed by atoms with Crippen LogP contribution in [0.1, 0.15) is 40.1 Å². The van der Waals surface area contributed by atoms with Crippen LogP contribution in [0.5, 0.6) is 0 Å². The number of nitrogens with one attached hydrogen (secondary N) is 1. The first-order chi connectivity index (χ1) is 13.3. The van der Waals surface area contributed by atoms with Gasteiger partial charge >= 0.3 is 0 Å². The van der Waals surface area contributed by atoms with E-state index in [2.05, 4.69) is 25.9 Å². The van der Waals surface area contributed by atoms with Crippen LogP contribution in [0, 0.1) is 11.6 Å². The molecule has 146 valence electrons. The number of aromatic nitrogens is 2. The van der Waals surface area contributed by atoms with Crippen molar-refractivity contribution in [1.82, 2.24) is 14.9 Å². The fourth-order valence-corrected chi connectivity index (χ4v) is 3.87. The van der Waals surface area contributed by atoms with Gasteiger partial charge in [0.2, 0.25) is 0 Å². The third-order valence-electron chi connectivity index (χ3n) is 5.10. The number of aromatic amines is 1. The molecule has 3 aromatic rings. The maximum absolute atomic E-state index is 14.3. The average Bonchev–Trinajstić information content (AvgIpc) is 3.26. The number of halogens is 3. The molecule has 0 saturated heterocycles. The second kappa shape index (κ2) is 6.82. The monoisotopic (exact) mass is 450 g/mol. The number of benzene rings is 1. The number of pyridine rings is 1. The second-order valence-corrected chi connectivity index (χ2v) is 7.68. The first-order valence-electron chi connectivity index (χ1n) is 8.57. The van der Waals surface area contributed by atoms with Crippen LogP contribution in [0.15, 0.2) is 22.7 Å². The second-order valence-electron chi connectivity index (χ2n) is 6.77. The van der Waals surface area contributed by atoms with Gasteiger partial charge in [0.15, 0.2) is 0 Å². The molecule has 1 aliphatic rings. The lowest BCUT2D eigenvalue weighted by Crippen LogP contribution is -2.31. The van der Waals surface area contributed by atoms with Crippen LogP contribution >= 0.6 is 15.9 Å². The summed E-state index contributed by atoms with van der Waals surface area (Å²) in [4.78, 5) is 21.6. The highest BCUT2D eigenvalue weighted by molar-refractivity contribution is 9.10. The molecule has 3 N–H and O–H groups in total. The zero-order chi connectivity index (χ0) is 20.2. The maximum Gasteiger partial charge on any atom is 0.270 e. The van der Waals surface area contributed by atoms with Crippen LogP contribution in [0.3, 0.4) is 0 Å². The summed E-state index contributed by atoms with van der Waals surface area (Å²) in [6.07, 6.45) is 0. The van der Waals surface area contributed by atoms with Crippen molar-refractivity contribution in [3.8, 4) is 0 Å². The lowest BCUT2D eigenvalue weighted by atomic mass is 10.1. The SMILES string of the molecule is C[C@H](c1c(F)cc(Br)cc1F)N(C)C(=O)c1cc2nc(N)c3c(c2[nH]1)COC3. The lowest BCUT2D eigenvalue weighted by Gasteiger charge is -2.25. The summed E-state index contributed by atoms with van der Waals surface area (Å²) < 4.78 is 34.3. The summed E-state index contributed by atoms with van der Waals surface area (Å²) in [5.74, 6) is -1.49. The van der Waals surface area contributed by atoms with E-state index in [1.807, 2.05) is 0 Å². The predicted molar refractivity (Wildman–Crippen MR) is 104 cm³/mol. The van der Waals surface area contributed by atoms with Crippen molar-refractivity contribution in [1.29, 1.82) is 0 Å². The van der Waals surface area contributed by atoms with Gasteiger partial charge in [-0.1, -0.05) is 15.9 Å². The van der Waals surface area contributed by atoms with E-state index >= 15 is 0 Å². The molecule has 3 heterocycles. The van der Waals surface area contributed by atoms with Crippen LogP contribution in [0.25, 0.3) is 11.0 Å². The van der Waals surface area contributed by atoms with E-state index in [0.29, 0.717) is 34.5 Å². The molecule has 0 bridgehead atoms. The molecule has 1 aromatic carbocycles. The largest absolute Gasteiger partial charge is 0.383 e. The average molecular weight is 451 g/mol. The molecule has 9 heteroatoms. The van der Waals surface area contributed by atoms with Crippen molar-refractivity contribution in [2.75, 3.05) is 12.8 Å². The molecule has 0 aliphatic carbocycles. The number of ether oxygens (including phenoxy) is 1. The number of carbonyl (C=O) groups is 1. The Hall–Kier alpha value is -2.52. The molecule has 1 amide bonds. The third kappa shape index (κ3) is 2.94. The topological polar surface area (TPSA) is 84.2 Å². The number of H-pyrrole nitrogens is 1. The Labute approximate surface area is 167 Å². The molecule has 0 unspecified atom stereocenters. The van der Waals surface area contributed by atoms with Crippen molar-refractivity contribution in [2.24, 2.45) is 0 Å². The highest BCUT2D eigenvalue weighted by Gasteiger charge is 2.27. The van der Waals surface area contributed by atoms with Gasteiger partial charge in [-0.25, -0.2) is 13.8 Å². The molecule has 2 aromatic heterocycles. The number of nitrogens with zero attached hydrogens (tertiary/aromatic N) is 2. The van der Waals surface area contributed by atoms with Crippen molar-refractivity contribution in [3.05, 3.63) is 56.7 Å². The number of nitrogens with two attached hydrogens (primary N) is 1. The zero-order valence-corrected chi connectivity index (χ0v) is 16.7. The Balaban J connectivity index is 1.70. The number of hydrogen-bond donors (Lipinski definition) is 2. The summed E-state index contributed by atoms with van der Waals surface area (Å²) in [6, 6.07) is 3.11. The number of amides is 1. The Morgan fingerprint density at radius 3 is 2.61 bits per heavy atom. The normalized spacial score (nSPS) is 14.3. The van der Waals surface area contributed by atoms with Gasteiger partial charge in [-0.2, -0.15) is 0 Å². The Bertz CT molecular complexity index is 1090. The van der Waals surface area contributed by atoms with E-state index in [1.54, 1.807) is 13.0 Å². The first-order valence-corrected chi connectivity index (χ1v) is 9.36. The molecule has 1 atom stereocenters. The summed E-state index contributed by atoms with van der Waals surface area (Å²) in [6.45, 7) is 2.33. The van der Waals surface area contributed by atoms with Crippen molar-refractivity contribution >= 4 is 38.7 Å². The molecule has 0 fully saturated rings. The van der Waals surface area contributed by atoms with Crippen LogP contribution < -0.4 is 5.73 Å². The standard InChI is InChI=1S/C19H17BrF2N4O2/c1-8(16-12(21)3-9(20)4-13(16)22)26(2)19(27)15-5-14-17(24-15)10-6-28-7-11(10)18(23)25-14/h3-5,8,24H,6-7H2,1-2H3,(H2,23,25)/t8-/m1/s1. The number of nitrogen functional groups attached to an aromatic ring is 1. The van der Waals surface area contributed by atoms with Gasteiger partial charge in [0.05, 0.1) is 30.3 Å². The third-order valence-corrected chi connectivity index (χ3v) is 5.56. The van der Waals surface area contributed by atoms with Gasteiger partial charge in [-0.3, -0.25) is 4.79 Å². The van der Waals surface area contributed by atoms with Crippen LogP contribution in [0.4, 0.5) is 14.6 Å². The summed E-state index contributed by atoms with van der Waals surface area (Å²) in [5.41, 5.74) is 8.98. The molecule has 28 heavy (non-hydrogen) atoms. The van der Waals surface area contributed by atoms with Crippen LogP contribution in [0.2, 0.25) is 0 Å². The first kappa shape index (κ1) is 18.8. The summed E-state index contributed by atoms with van der Waals surface area (Å²) in [7, 11) is 1.49. The number of fused-ring (bicyclic) bond motifs is 3. The Morgan fingerprint density at radius 2 is 1.93 bits per heavy atom. The van der Waals surface area contributed by atoms with Gasteiger partial charge < -0.3 is 20.4 Å². The predicted octanol–water partition coefficient (Wildman–Crippen LogP) is 4.05.